The number of anilines is 1. The van der Waals surface area contributed by atoms with Gasteiger partial charge in [-0.1, -0.05) is 42.5 Å². The van der Waals surface area contributed by atoms with Crippen molar-refractivity contribution in [3.8, 4) is 16.9 Å². The predicted molar refractivity (Wildman–Crippen MR) is 147 cm³/mol. The first-order valence-electron chi connectivity index (χ1n) is 12.5. The van der Waals surface area contributed by atoms with Crippen LogP contribution in [0.1, 0.15) is 23.0 Å². The van der Waals surface area contributed by atoms with E-state index >= 15 is 0 Å². The Bertz CT molecular complexity index is 1820. The van der Waals surface area contributed by atoms with Gasteiger partial charge < -0.3 is 19.2 Å². The minimum atomic E-state index is -4.96. The van der Waals surface area contributed by atoms with Crippen LogP contribution in [-0.4, -0.2) is 25.1 Å². The zero-order valence-electron chi connectivity index (χ0n) is 21.6. The Morgan fingerprint density at radius 1 is 0.902 bits per heavy atom. The fraction of sp³-hybridized carbons (Fsp3) is 0.129. The van der Waals surface area contributed by atoms with Gasteiger partial charge in [0.15, 0.2) is 6.61 Å². The Morgan fingerprint density at radius 3 is 2.37 bits per heavy atom. The zero-order valence-corrected chi connectivity index (χ0v) is 21.6. The average molecular weight is 562 g/mol. The molecule has 0 bridgehead atoms. The van der Waals surface area contributed by atoms with Crippen molar-refractivity contribution in [2.45, 2.75) is 13.1 Å². The monoisotopic (exact) mass is 561 g/mol. The fourth-order valence-electron chi connectivity index (χ4n) is 4.40. The third kappa shape index (κ3) is 5.76. The number of alkyl halides is 3. The predicted octanol–water partition coefficient (Wildman–Crippen LogP) is 6.83. The SMILES string of the molecule is CCOC(=O)c1ccc(NC(=O)COc2ccc3c(=O)c(-c4cccc5ccccc45)c(C(F)(F)F)oc3c2)cc1. The van der Waals surface area contributed by atoms with E-state index in [1.807, 2.05) is 0 Å². The third-order valence-electron chi connectivity index (χ3n) is 6.23. The van der Waals surface area contributed by atoms with Crippen molar-refractivity contribution in [1.29, 1.82) is 0 Å². The number of carbonyl (C=O) groups excluding carboxylic acids is 2. The van der Waals surface area contributed by atoms with E-state index in [-0.39, 0.29) is 28.9 Å². The number of nitrogens with one attached hydrogen (secondary N) is 1. The molecule has 0 spiro atoms. The maximum atomic E-state index is 14.2. The van der Waals surface area contributed by atoms with Crippen molar-refractivity contribution < 1.29 is 36.7 Å². The third-order valence-corrected chi connectivity index (χ3v) is 6.23. The summed E-state index contributed by atoms with van der Waals surface area (Å²) in [5, 5.41) is 3.67. The molecule has 1 N–H and O–H groups in total. The zero-order chi connectivity index (χ0) is 29.1. The number of esters is 1. The maximum Gasteiger partial charge on any atom is 0.450 e. The first kappa shape index (κ1) is 27.4. The fourth-order valence-corrected chi connectivity index (χ4v) is 4.40. The Hall–Kier alpha value is -5.12. The highest BCUT2D eigenvalue weighted by Gasteiger charge is 2.39. The smallest absolute Gasteiger partial charge is 0.450 e. The molecule has 0 radical (unpaired) electrons. The minimum Gasteiger partial charge on any atom is -0.484 e. The van der Waals surface area contributed by atoms with E-state index in [4.69, 9.17) is 13.9 Å². The second kappa shape index (κ2) is 11.2. The minimum absolute atomic E-state index is 0.0273. The molecule has 0 saturated carbocycles. The molecule has 0 aliphatic rings. The van der Waals surface area contributed by atoms with E-state index in [0.717, 1.165) is 6.07 Å². The van der Waals surface area contributed by atoms with Gasteiger partial charge in [0.2, 0.25) is 11.2 Å². The summed E-state index contributed by atoms with van der Waals surface area (Å²) in [6, 6.07) is 21.4. The quantitative estimate of drug-likeness (QED) is 0.219. The first-order valence-corrected chi connectivity index (χ1v) is 12.5. The van der Waals surface area contributed by atoms with Gasteiger partial charge >= 0.3 is 12.1 Å². The van der Waals surface area contributed by atoms with Gasteiger partial charge in [-0.15, -0.1) is 0 Å². The van der Waals surface area contributed by atoms with Crippen molar-refractivity contribution in [3.05, 3.63) is 106 Å². The van der Waals surface area contributed by atoms with Gasteiger partial charge in [0.25, 0.3) is 5.91 Å². The van der Waals surface area contributed by atoms with Crippen LogP contribution in [0.4, 0.5) is 18.9 Å². The highest BCUT2D eigenvalue weighted by atomic mass is 19.4. The standard InChI is InChI=1S/C31H22F3NO6/c1-2-39-30(38)19-10-12-20(13-11-19)35-26(36)17-40-21-14-15-24-25(16-21)41-29(31(32,33)34)27(28(24)37)23-9-5-7-18-6-3-4-8-22(18)23/h3-16H,2,17H2,1H3,(H,35,36). The lowest BCUT2D eigenvalue weighted by Gasteiger charge is -2.15. The average Bonchev–Trinajstić information content (AvgIpc) is 2.96. The molecule has 0 aliphatic carbocycles. The Kier molecular flexibility index (Phi) is 7.47. The van der Waals surface area contributed by atoms with E-state index < -0.39 is 41.4 Å². The normalized spacial score (nSPS) is 11.4. The summed E-state index contributed by atoms with van der Waals surface area (Å²) in [5.41, 5.74) is -0.932. The topological polar surface area (TPSA) is 94.8 Å². The van der Waals surface area contributed by atoms with Crippen LogP contribution < -0.4 is 15.5 Å². The van der Waals surface area contributed by atoms with Crippen LogP contribution in [0.5, 0.6) is 5.75 Å². The van der Waals surface area contributed by atoms with Crippen molar-refractivity contribution in [2.75, 3.05) is 18.5 Å². The van der Waals surface area contributed by atoms with Crippen LogP contribution >= 0.6 is 0 Å². The summed E-state index contributed by atoms with van der Waals surface area (Å²) in [7, 11) is 0. The molecule has 1 aromatic heterocycles. The number of hydrogen-bond acceptors (Lipinski definition) is 6. The van der Waals surface area contributed by atoms with Gasteiger partial charge in [-0.05, 0) is 59.7 Å². The van der Waals surface area contributed by atoms with Gasteiger partial charge in [-0.25, -0.2) is 4.79 Å². The largest absolute Gasteiger partial charge is 0.484 e. The van der Waals surface area contributed by atoms with Crippen LogP contribution in [0, 0.1) is 0 Å². The highest BCUT2D eigenvalue weighted by Crippen LogP contribution is 2.39. The summed E-state index contributed by atoms with van der Waals surface area (Å²) in [6.45, 7) is 1.44. The second-order valence-electron chi connectivity index (χ2n) is 8.95. The number of benzene rings is 4. The summed E-state index contributed by atoms with van der Waals surface area (Å²) in [6.07, 6.45) is -4.96. The van der Waals surface area contributed by atoms with Gasteiger partial charge in [0, 0.05) is 11.8 Å². The second-order valence-corrected chi connectivity index (χ2v) is 8.95. The lowest BCUT2D eigenvalue weighted by Crippen LogP contribution is -2.20. The molecular formula is C31H22F3NO6. The maximum absolute atomic E-state index is 14.2. The van der Waals surface area contributed by atoms with Crippen molar-refractivity contribution in [1.82, 2.24) is 0 Å². The summed E-state index contributed by atoms with van der Waals surface area (Å²) in [5.74, 6) is -2.45. The van der Waals surface area contributed by atoms with Crippen molar-refractivity contribution >= 4 is 39.3 Å². The van der Waals surface area contributed by atoms with Gasteiger partial charge in [0.1, 0.15) is 11.3 Å². The first-order chi connectivity index (χ1) is 19.7. The molecule has 0 saturated heterocycles. The number of amides is 1. The molecule has 4 aromatic carbocycles. The lowest BCUT2D eigenvalue weighted by molar-refractivity contribution is -0.152. The van der Waals surface area contributed by atoms with Crippen LogP contribution in [0.15, 0.2) is 94.1 Å². The molecule has 0 atom stereocenters. The molecule has 0 unspecified atom stereocenters. The van der Waals surface area contributed by atoms with E-state index in [0.29, 0.717) is 22.0 Å². The van der Waals surface area contributed by atoms with E-state index in [1.54, 1.807) is 43.3 Å². The molecule has 0 aliphatic heterocycles. The molecular weight excluding hydrogens is 539 g/mol. The van der Waals surface area contributed by atoms with Gasteiger partial charge in [-0.2, -0.15) is 13.2 Å². The molecule has 1 amide bonds. The van der Waals surface area contributed by atoms with Crippen molar-refractivity contribution in [2.24, 2.45) is 0 Å². The van der Waals surface area contributed by atoms with Crippen LogP contribution in [0.25, 0.3) is 32.9 Å². The number of hydrogen-bond donors (Lipinski definition) is 1. The number of fused-ring (bicyclic) bond motifs is 2. The molecule has 7 nitrogen and oxygen atoms in total. The molecule has 5 rings (SSSR count). The molecule has 0 fully saturated rings. The number of halogens is 3. The number of rotatable bonds is 7. The molecule has 1 heterocycles. The van der Waals surface area contributed by atoms with E-state index in [9.17, 15) is 27.6 Å². The summed E-state index contributed by atoms with van der Waals surface area (Å²) >= 11 is 0. The summed E-state index contributed by atoms with van der Waals surface area (Å²) < 4.78 is 58.2. The van der Waals surface area contributed by atoms with Gasteiger partial charge in [-0.3, -0.25) is 9.59 Å². The molecule has 41 heavy (non-hydrogen) atoms. The van der Waals surface area contributed by atoms with Crippen LogP contribution in [0.3, 0.4) is 0 Å². The number of carbonyl (C=O) groups is 2. The number of ether oxygens (including phenoxy) is 2. The summed E-state index contributed by atoms with van der Waals surface area (Å²) in [4.78, 5) is 37.5. The lowest BCUT2D eigenvalue weighted by atomic mass is 9.96. The van der Waals surface area contributed by atoms with E-state index in [1.165, 1.54) is 42.5 Å². The molecule has 208 valence electrons. The molecule has 5 aromatic rings. The Morgan fingerprint density at radius 2 is 1.63 bits per heavy atom. The van der Waals surface area contributed by atoms with E-state index in [2.05, 4.69) is 5.32 Å². The molecule has 10 heteroatoms. The highest BCUT2D eigenvalue weighted by molar-refractivity contribution is 5.99. The van der Waals surface area contributed by atoms with Crippen molar-refractivity contribution in [3.63, 3.8) is 0 Å². The van der Waals surface area contributed by atoms with Crippen LogP contribution in [-0.2, 0) is 15.7 Å². The Labute approximate surface area is 231 Å². The van der Waals surface area contributed by atoms with Crippen LogP contribution in [0.2, 0.25) is 0 Å². The van der Waals surface area contributed by atoms with Gasteiger partial charge in [0.05, 0.1) is 23.1 Å². The Balaban J connectivity index is 1.40.